The molecular weight excluding hydrogens is 224 g/mol. The van der Waals surface area contributed by atoms with E-state index in [4.69, 9.17) is 11.6 Å². The summed E-state index contributed by atoms with van der Waals surface area (Å²) in [4.78, 5) is 3.98. The van der Waals surface area contributed by atoms with Crippen LogP contribution in [0.2, 0.25) is 0 Å². The minimum Gasteiger partial charge on any atom is -0.265 e. The summed E-state index contributed by atoms with van der Waals surface area (Å²) < 4.78 is 1.85. The van der Waals surface area contributed by atoms with Gasteiger partial charge in [-0.05, 0) is 24.1 Å². The Morgan fingerprint density at radius 2 is 2.00 bits per heavy atom. The van der Waals surface area contributed by atoms with E-state index >= 15 is 0 Å². The standard InChI is InChI=1S/C11H13ClN4/c12-5-1-11-9-16(15-14-11)8-4-10-2-6-13-7-3-10/h2-3,6-7,9H,1,4-5,8H2. The number of nitrogens with zero attached hydrogens (tertiary/aromatic N) is 4. The van der Waals surface area contributed by atoms with Crippen molar-refractivity contribution in [1.82, 2.24) is 20.0 Å². The van der Waals surface area contributed by atoms with Gasteiger partial charge in [0.25, 0.3) is 0 Å². The normalized spacial score (nSPS) is 10.6. The number of rotatable bonds is 5. The fourth-order valence-corrected chi connectivity index (χ4v) is 1.65. The van der Waals surface area contributed by atoms with Crippen molar-refractivity contribution in [3.63, 3.8) is 0 Å². The quantitative estimate of drug-likeness (QED) is 0.743. The largest absolute Gasteiger partial charge is 0.265 e. The van der Waals surface area contributed by atoms with E-state index in [9.17, 15) is 0 Å². The molecule has 0 fully saturated rings. The lowest BCUT2D eigenvalue weighted by atomic mass is 10.2. The van der Waals surface area contributed by atoms with Gasteiger partial charge >= 0.3 is 0 Å². The summed E-state index contributed by atoms with van der Waals surface area (Å²) in [6.45, 7) is 0.833. The van der Waals surface area contributed by atoms with Crippen molar-refractivity contribution in [1.29, 1.82) is 0 Å². The molecule has 0 radical (unpaired) electrons. The molecule has 2 aromatic heterocycles. The van der Waals surface area contributed by atoms with Crippen LogP contribution in [0.5, 0.6) is 0 Å². The lowest BCUT2D eigenvalue weighted by Crippen LogP contribution is -2.02. The molecule has 0 saturated carbocycles. The summed E-state index contributed by atoms with van der Waals surface area (Å²) in [6, 6.07) is 4.02. The first-order valence-electron chi connectivity index (χ1n) is 5.22. The molecule has 5 heteroatoms. The number of aryl methyl sites for hydroxylation is 3. The van der Waals surface area contributed by atoms with Crippen LogP contribution in [0.1, 0.15) is 11.3 Å². The van der Waals surface area contributed by atoms with Crippen molar-refractivity contribution in [2.24, 2.45) is 0 Å². The first-order chi connectivity index (χ1) is 7.88. The molecule has 0 aromatic carbocycles. The highest BCUT2D eigenvalue weighted by Gasteiger charge is 2.00. The van der Waals surface area contributed by atoms with E-state index in [2.05, 4.69) is 15.3 Å². The topological polar surface area (TPSA) is 43.6 Å². The predicted octanol–water partition coefficient (Wildman–Crippen LogP) is 1.70. The van der Waals surface area contributed by atoms with E-state index in [1.54, 1.807) is 12.4 Å². The van der Waals surface area contributed by atoms with Gasteiger partial charge < -0.3 is 0 Å². The van der Waals surface area contributed by atoms with Gasteiger partial charge in [0.05, 0.1) is 5.69 Å². The Morgan fingerprint density at radius 3 is 2.75 bits per heavy atom. The number of alkyl halides is 1. The maximum Gasteiger partial charge on any atom is 0.0839 e. The van der Waals surface area contributed by atoms with Gasteiger partial charge in [-0.1, -0.05) is 5.21 Å². The van der Waals surface area contributed by atoms with Crippen LogP contribution in [0.15, 0.2) is 30.7 Å². The molecule has 0 unspecified atom stereocenters. The molecule has 0 atom stereocenters. The molecular formula is C11H13ClN4. The first-order valence-corrected chi connectivity index (χ1v) is 5.76. The highest BCUT2D eigenvalue weighted by Crippen LogP contribution is 2.01. The molecule has 0 aliphatic carbocycles. The molecule has 4 nitrogen and oxygen atoms in total. The number of pyridine rings is 1. The minimum atomic E-state index is 0.586. The summed E-state index contributed by atoms with van der Waals surface area (Å²) in [5.41, 5.74) is 2.20. The van der Waals surface area contributed by atoms with E-state index in [1.165, 1.54) is 5.56 Å². The molecule has 0 saturated heterocycles. The second-order valence-electron chi connectivity index (χ2n) is 3.52. The maximum atomic E-state index is 5.63. The van der Waals surface area contributed by atoms with E-state index in [0.29, 0.717) is 5.88 Å². The Balaban J connectivity index is 1.89. The fraction of sp³-hybridized carbons (Fsp3) is 0.364. The lowest BCUT2D eigenvalue weighted by Gasteiger charge is -1.99. The van der Waals surface area contributed by atoms with Gasteiger partial charge in [0.1, 0.15) is 0 Å². The van der Waals surface area contributed by atoms with E-state index in [-0.39, 0.29) is 0 Å². The summed E-state index contributed by atoms with van der Waals surface area (Å²) in [6.07, 6.45) is 7.26. The number of aromatic nitrogens is 4. The van der Waals surface area contributed by atoms with Gasteiger partial charge in [-0.15, -0.1) is 16.7 Å². The third-order valence-electron chi connectivity index (χ3n) is 2.32. The molecule has 0 spiro atoms. The molecule has 2 heterocycles. The second-order valence-corrected chi connectivity index (χ2v) is 3.90. The first kappa shape index (κ1) is 11.1. The van der Waals surface area contributed by atoms with E-state index < -0.39 is 0 Å². The Morgan fingerprint density at radius 1 is 1.19 bits per heavy atom. The van der Waals surface area contributed by atoms with Gasteiger partial charge in [-0.2, -0.15) is 0 Å². The highest BCUT2D eigenvalue weighted by molar-refractivity contribution is 6.17. The van der Waals surface area contributed by atoms with Crippen LogP contribution in [0, 0.1) is 0 Å². The molecule has 2 aromatic rings. The zero-order chi connectivity index (χ0) is 11.2. The monoisotopic (exact) mass is 236 g/mol. The van der Waals surface area contributed by atoms with Crippen LogP contribution in [-0.4, -0.2) is 25.9 Å². The highest BCUT2D eigenvalue weighted by atomic mass is 35.5. The van der Waals surface area contributed by atoms with Crippen LogP contribution < -0.4 is 0 Å². The van der Waals surface area contributed by atoms with Gasteiger partial charge in [-0.25, -0.2) is 0 Å². The molecule has 0 aliphatic heterocycles. The van der Waals surface area contributed by atoms with Crippen molar-refractivity contribution >= 4 is 11.6 Å². The van der Waals surface area contributed by atoms with Gasteiger partial charge in [0.15, 0.2) is 0 Å². The molecule has 16 heavy (non-hydrogen) atoms. The van der Waals surface area contributed by atoms with Gasteiger partial charge in [0.2, 0.25) is 0 Å². The van der Waals surface area contributed by atoms with Gasteiger partial charge in [0, 0.05) is 37.4 Å². The zero-order valence-corrected chi connectivity index (χ0v) is 9.64. The zero-order valence-electron chi connectivity index (χ0n) is 8.88. The molecule has 2 rings (SSSR count). The average molecular weight is 237 g/mol. The third kappa shape index (κ3) is 3.03. The van der Waals surface area contributed by atoms with Gasteiger partial charge in [-0.3, -0.25) is 9.67 Å². The van der Waals surface area contributed by atoms with Crippen LogP contribution in [0.4, 0.5) is 0 Å². The van der Waals surface area contributed by atoms with Crippen molar-refractivity contribution in [3.05, 3.63) is 42.0 Å². The Bertz CT molecular complexity index is 427. The lowest BCUT2D eigenvalue weighted by molar-refractivity contribution is 0.589. The smallest absolute Gasteiger partial charge is 0.0839 e. The number of hydrogen-bond donors (Lipinski definition) is 0. The van der Waals surface area contributed by atoms with E-state index in [0.717, 1.165) is 25.1 Å². The SMILES string of the molecule is ClCCc1cn(CCc2ccncc2)nn1. The maximum absolute atomic E-state index is 5.63. The Hall–Kier alpha value is -1.42. The van der Waals surface area contributed by atoms with E-state index in [1.807, 2.05) is 23.0 Å². The predicted molar refractivity (Wildman–Crippen MR) is 62.4 cm³/mol. The second kappa shape index (κ2) is 5.61. The average Bonchev–Trinajstić information content (AvgIpc) is 2.76. The molecule has 0 N–H and O–H groups in total. The third-order valence-corrected chi connectivity index (χ3v) is 2.50. The molecule has 84 valence electrons. The van der Waals surface area contributed by atoms with Crippen molar-refractivity contribution in [2.75, 3.05) is 5.88 Å². The molecule has 0 amide bonds. The van der Waals surface area contributed by atoms with Crippen molar-refractivity contribution in [2.45, 2.75) is 19.4 Å². The van der Waals surface area contributed by atoms with Crippen LogP contribution in [0.3, 0.4) is 0 Å². The number of halogens is 1. The Kier molecular flexibility index (Phi) is 3.88. The summed E-state index contributed by atoms with van der Waals surface area (Å²) >= 11 is 5.63. The minimum absolute atomic E-state index is 0.586. The van der Waals surface area contributed by atoms with Crippen LogP contribution in [0.25, 0.3) is 0 Å². The Labute approximate surface area is 99.3 Å². The summed E-state index contributed by atoms with van der Waals surface area (Å²) in [5, 5.41) is 8.08. The fourth-order valence-electron chi connectivity index (χ4n) is 1.45. The number of hydrogen-bond acceptors (Lipinski definition) is 3. The molecule has 0 bridgehead atoms. The van der Waals surface area contributed by atoms with Crippen LogP contribution >= 0.6 is 11.6 Å². The van der Waals surface area contributed by atoms with Crippen molar-refractivity contribution in [3.8, 4) is 0 Å². The summed E-state index contributed by atoms with van der Waals surface area (Å²) in [7, 11) is 0. The summed E-state index contributed by atoms with van der Waals surface area (Å²) in [5.74, 6) is 0.586. The molecule has 0 aliphatic rings. The van der Waals surface area contributed by atoms with Crippen LogP contribution in [-0.2, 0) is 19.4 Å². The van der Waals surface area contributed by atoms with Crippen molar-refractivity contribution < 1.29 is 0 Å².